The molecule has 0 aliphatic rings. The molecule has 2 heterocycles. The van der Waals surface area contributed by atoms with E-state index in [1.807, 2.05) is 24.3 Å². The Morgan fingerprint density at radius 3 is 2.68 bits per heavy atom. The molecule has 4 rings (SSSR count). The first-order chi connectivity index (χ1) is 12.1. The Bertz CT molecular complexity index is 1190. The summed E-state index contributed by atoms with van der Waals surface area (Å²) in [5.74, 6) is 0. The maximum atomic E-state index is 12.6. The Labute approximate surface area is 140 Å². The van der Waals surface area contributed by atoms with Crippen LogP contribution in [-0.2, 0) is 0 Å². The number of nitrogens with zero attached hydrogens (tertiary/aromatic N) is 4. The minimum absolute atomic E-state index is 0.00419. The lowest BCUT2D eigenvalue weighted by molar-refractivity contribution is -0.384. The van der Waals surface area contributed by atoms with Crippen LogP contribution >= 0.6 is 0 Å². The van der Waals surface area contributed by atoms with Gasteiger partial charge in [0.1, 0.15) is 17.4 Å². The second-order valence-corrected chi connectivity index (χ2v) is 5.38. The van der Waals surface area contributed by atoms with Crippen LogP contribution in [-0.4, -0.2) is 25.8 Å². The third-order valence-corrected chi connectivity index (χ3v) is 3.83. The molecule has 122 valence electrons. The highest BCUT2D eigenvalue weighted by atomic mass is 16.6. The van der Waals surface area contributed by atoms with E-state index in [1.165, 1.54) is 24.7 Å². The van der Waals surface area contributed by atoms with Crippen LogP contribution in [0.15, 0.2) is 64.8 Å². The highest BCUT2D eigenvalue weighted by molar-refractivity contribution is 6.04. The molecule has 8 heteroatoms. The number of benzene rings is 2. The van der Waals surface area contributed by atoms with Crippen LogP contribution in [0.25, 0.3) is 21.9 Å². The van der Waals surface area contributed by atoms with Gasteiger partial charge in [-0.15, -0.1) is 0 Å². The monoisotopic (exact) mass is 333 g/mol. The number of H-pyrrole nitrogens is 1. The number of para-hydroxylation sites is 1. The van der Waals surface area contributed by atoms with Crippen LogP contribution in [0.1, 0.15) is 5.56 Å². The molecule has 0 amide bonds. The first kappa shape index (κ1) is 14.8. The highest BCUT2D eigenvalue weighted by Crippen LogP contribution is 2.20. The van der Waals surface area contributed by atoms with Crippen molar-refractivity contribution in [3.05, 3.63) is 80.9 Å². The van der Waals surface area contributed by atoms with Crippen LogP contribution in [0.4, 0.5) is 5.69 Å². The number of nitro groups is 1. The van der Waals surface area contributed by atoms with E-state index in [9.17, 15) is 14.9 Å². The molecule has 0 aliphatic heterocycles. The maximum Gasteiger partial charge on any atom is 0.298 e. The molecule has 25 heavy (non-hydrogen) atoms. The molecule has 0 fully saturated rings. The molecule has 0 saturated carbocycles. The lowest BCUT2D eigenvalue weighted by Gasteiger charge is -1.98. The molecular formula is C17H11N5O3. The number of nitro benzene ring substituents is 1. The molecule has 2 aromatic heterocycles. The number of non-ortho nitro benzene ring substituents is 1. The van der Waals surface area contributed by atoms with Crippen molar-refractivity contribution in [2.75, 3.05) is 0 Å². The van der Waals surface area contributed by atoms with Crippen molar-refractivity contribution < 1.29 is 4.92 Å². The lowest BCUT2D eigenvalue weighted by Crippen LogP contribution is -2.17. The third-order valence-electron chi connectivity index (χ3n) is 3.83. The van der Waals surface area contributed by atoms with Gasteiger partial charge in [0.25, 0.3) is 11.2 Å². The van der Waals surface area contributed by atoms with Gasteiger partial charge in [0, 0.05) is 23.0 Å². The van der Waals surface area contributed by atoms with E-state index >= 15 is 0 Å². The number of rotatable bonds is 3. The molecule has 0 bridgehead atoms. The molecule has 0 atom stereocenters. The second kappa shape index (κ2) is 5.68. The van der Waals surface area contributed by atoms with Gasteiger partial charge in [-0.25, -0.2) is 4.98 Å². The van der Waals surface area contributed by atoms with Gasteiger partial charge in [-0.2, -0.15) is 9.78 Å². The van der Waals surface area contributed by atoms with Crippen molar-refractivity contribution in [2.45, 2.75) is 0 Å². The van der Waals surface area contributed by atoms with Crippen molar-refractivity contribution in [2.24, 2.45) is 5.10 Å². The molecule has 8 nitrogen and oxygen atoms in total. The average Bonchev–Trinajstić information content (AvgIpc) is 3.01. The molecule has 2 aromatic carbocycles. The summed E-state index contributed by atoms with van der Waals surface area (Å²) in [6, 6.07) is 13.4. The van der Waals surface area contributed by atoms with E-state index in [0.29, 0.717) is 16.6 Å². The first-order valence-electron chi connectivity index (χ1n) is 7.40. The van der Waals surface area contributed by atoms with Gasteiger partial charge in [0.15, 0.2) is 0 Å². The third kappa shape index (κ3) is 2.55. The SMILES string of the molecule is O=c1c2[nH]c3ccccc3c2ncn1N=Cc1ccc([N+](=O)[O-])cc1. The van der Waals surface area contributed by atoms with E-state index in [0.717, 1.165) is 15.6 Å². The number of hydrogen-bond donors (Lipinski definition) is 1. The summed E-state index contributed by atoms with van der Waals surface area (Å²) in [5, 5.41) is 15.6. The average molecular weight is 333 g/mol. The van der Waals surface area contributed by atoms with E-state index < -0.39 is 4.92 Å². The minimum Gasteiger partial charge on any atom is -0.349 e. The Morgan fingerprint density at radius 2 is 1.92 bits per heavy atom. The Balaban J connectivity index is 1.74. The zero-order chi connectivity index (χ0) is 17.4. The van der Waals surface area contributed by atoms with Crippen molar-refractivity contribution in [1.29, 1.82) is 0 Å². The standard InChI is InChI=1S/C17H11N5O3/c23-17-16-15(13-3-1-2-4-14(13)20-16)18-10-21(17)19-9-11-5-7-12(8-6-11)22(24)25/h1-10,20H. The van der Waals surface area contributed by atoms with Gasteiger partial charge in [0.2, 0.25) is 0 Å². The summed E-state index contributed by atoms with van der Waals surface area (Å²) >= 11 is 0. The molecule has 1 N–H and O–H groups in total. The van der Waals surface area contributed by atoms with E-state index in [-0.39, 0.29) is 11.2 Å². The fourth-order valence-corrected chi connectivity index (χ4v) is 2.59. The van der Waals surface area contributed by atoms with Gasteiger partial charge >= 0.3 is 0 Å². The fourth-order valence-electron chi connectivity index (χ4n) is 2.59. The Kier molecular flexibility index (Phi) is 3.35. The van der Waals surface area contributed by atoms with Gasteiger partial charge < -0.3 is 4.98 Å². The summed E-state index contributed by atoms with van der Waals surface area (Å²) < 4.78 is 1.12. The van der Waals surface area contributed by atoms with Gasteiger partial charge in [-0.1, -0.05) is 18.2 Å². The first-order valence-corrected chi connectivity index (χ1v) is 7.40. The summed E-state index contributed by atoms with van der Waals surface area (Å²) in [6.45, 7) is 0. The van der Waals surface area contributed by atoms with Crippen LogP contribution in [0.2, 0.25) is 0 Å². The topological polar surface area (TPSA) is 106 Å². The lowest BCUT2D eigenvalue weighted by atomic mass is 10.2. The van der Waals surface area contributed by atoms with E-state index in [2.05, 4.69) is 15.1 Å². The molecule has 0 unspecified atom stereocenters. The molecule has 0 spiro atoms. The Morgan fingerprint density at radius 1 is 1.16 bits per heavy atom. The predicted molar refractivity (Wildman–Crippen MR) is 93.9 cm³/mol. The van der Waals surface area contributed by atoms with Crippen LogP contribution in [0.5, 0.6) is 0 Å². The summed E-state index contributed by atoms with van der Waals surface area (Å²) in [4.78, 5) is 30.1. The molecule has 0 saturated heterocycles. The predicted octanol–water partition coefficient (Wildman–Crippen LogP) is 2.67. The summed E-state index contributed by atoms with van der Waals surface area (Å²) in [7, 11) is 0. The van der Waals surface area contributed by atoms with Crippen LogP contribution in [0, 0.1) is 10.1 Å². The number of fused-ring (bicyclic) bond motifs is 3. The van der Waals surface area contributed by atoms with Crippen LogP contribution < -0.4 is 5.56 Å². The quantitative estimate of drug-likeness (QED) is 0.353. The molecule has 0 radical (unpaired) electrons. The summed E-state index contributed by atoms with van der Waals surface area (Å²) in [5.41, 5.74) is 2.12. The molecule has 0 aliphatic carbocycles. The summed E-state index contributed by atoms with van der Waals surface area (Å²) in [6.07, 6.45) is 2.80. The normalized spacial score (nSPS) is 11.5. The minimum atomic E-state index is -0.473. The van der Waals surface area contributed by atoms with E-state index in [1.54, 1.807) is 12.1 Å². The van der Waals surface area contributed by atoms with E-state index in [4.69, 9.17) is 0 Å². The van der Waals surface area contributed by atoms with Crippen molar-refractivity contribution in [3.8, 4) is 0 Å². The number of nitrogens with one attached hydrogen (secondary N) is 1. The van der Waals surface area contributed by atoms with Gasteiger partial charge in [0.05, 0.1) is 11.1 Å². The zero-order valence-corrected chi connectivity index (χ0v) is 12.8. The van der Waals surface area contributed by atoms with Crippen molar-refractivity contribution in [3.63, 3.8) is 0 Å². The maximum absolute atomic E-state index is 12.6. The highest BCUT2D eigenvalue weighted by Gasteiger charge is 2.10. The second-order valence-electron chi connectivity index (χ2n) is 5.38. The van der Waals surface area contributed by atoms with Crippen molar-refractivity contribution >= 4 is 33.8 Å². The molecule has 4 aromatic rings. The van der Waals surface area contributed by atoms with Crippen molar-refractivity contribution in [1.82, 2.24) is 14.6 Å². The van der Waals surface area contributed by atoms with Gasteiger partial charge in [-0.3, -0.25) is 14.9 Å². The number of hydrogen-bond acceptors (Lipinski definition) is 5. The smallest absolute Gasteiger partial charge is 0.298 e. The number of aromatic amines is 1. The largest absolute Gasteiger partial charge is 0.349 e. The van der Waals surface area contributed by atoms with Gasteiger partial charge in [-0.05, 0) is 23.8 Å². The molecular weight excluding hydrogens is 322 g/mol. The Hall–Kier alpha value is -3.81. The fraction of sp³-hybridized carbons (Fsp3) is 0. The van der Waals surface area contributed by atoms with Crippen LogP contribution in [0.3, 0.4) is 0 Å². The number of aromatic nitrogens is 3. The zero-order valence-electron chi connectivity index (χ0n) is 12.8.